The Morgan fingerprint density at radius 1 is 1.47 bits per heavy atom. The van der Waals surface area contributed by atoms with Crippen molar-refractivity contribution in [2.45, 2.75) is 13.0 Å². The highest BCUT2D eigenvalue weighted by atomic mass is 32.1. The van der Waals surface area contributed by atoms with E-state index in [1.54, 1.807) is 18.3 Å². The zero-order chi connectivity index (χ0) is 12.4. The van der Waals surface area contributed by atoms with Gasteiger partial charge in [-0.2, -0.15) is 5.06 Å². The molecule has 4 nitrogen and oxygen atoms in total. The lowest BCUT2D eigenvalue weighted by Gasteiger charge is -2.20. The second-order valence-corrected chi connectivity index (χ2v) is 4.88. The molecule has 1 aromatic carbocycles. The molecular formula is C12H14N2O2S. The van der Waals surface area contributed by atoms with E-state index in [-0.39, 0.29) is 6.04 Å². The lowest BCUT2D eigenvalue weighted by molar-refractivity contribution is -0.0728. The Hall–Kier alpha value is -1.59. The van der Waals surface area contributed by atoms with Gasteiger partial charge >= 0.3 is 6.03 Å². The molecule has 5 heteroatoms. The van der Waals surface area contributed by atoms with E-state index in [1.807, 2.05) is 30.3 Å². The minimum Gasteiger partial charge on any atom is -0.339 e. The first-order valence-corrected chi connectivity index (χ1v) is 6.13. The van der Waals surface area contributed by atoms with E-state index in [1.165, 1.54) is 7.05 Å². The fourth-order valence-electron chi connectivity index (χ4n) is 1.62. The number of thiophene rings is 1. The molecule has 0 aliphatic heterocycles. The summed E-state index contributed by atoms with van der Waals surface area (Å²) in [6.07, 6.45) is 0. The number of nitrogens with one attached hydrogen (secondary N) is 1. The molecule has 2 aromatic rings. The zero-order valence-corrected chi connectivity index (χ0v) is 10.5. The molecule has 90 valence electrons. The van der Waals surface area contributed by atoms with Gasteiger partial charge in [0.05, 0.1) is 6.04 Å². The van der Waals surface area contributed by atoms with E-state index in [9.17, 15) is 10.0 Å². The Kier molecular flexibility index (Phi) is 3.31. The highest BCUT2D eigenvalue weighted by molar-refractivity contribution is 7.19. The first-order chi connectivity index (χ1) is 8.13. The van der Waals surface area contributed by atoms with E-state index in [2.05, 4.69) is 5.32 Å². The topological polar surface area (TPSA) is 52.6 Å². The summed E-state index contributed by atoms with van der Waals surface area (Å²) in [6.45, 7) is 1.79. The largest absolute Gasteiger partial charge is 0.341 e. The average Bonchev–Trinajstić information content (AvgIpc) is 2.79. The quantitative estimate of drug-likeness (QED) is 0.636. The molecule has 1 atom stereocenters. The maximum Gasteiger partial charge on any atom is 0.341 e. The van der Waals surface area contributed by atoms with Gasteiger partial charge < -0.3 is 5.32 Å². The fourth-order valence-corrected chi connectivity index (χ4v) is 2.72. The monoisotopic (exact) mass is 250 g/mol. The van der Waals surface area contributed by atoms with Crippen LogP contribution in [0.2, 0.25) is 0 Å². The second-order valence-electron chi connectivity index (χ2n) is 3.76. The molecule has 2 N–H and O–H groups in total. The Balaban J connectivity index is 2.30. The van der Waals surface area contributed by atoms with Crippen LogP contribution in [0.5, 0.6) is 0 Å². The maximum atomic E-state index is 11.3. The summed E-state index contributed by atoms with van der Waals surface area (Å²) in [6, 6.07) is 9.13. The lowest BCUT2D eigenvalue weighted by atomic mass is 10.2. The van der Waals surface area contributed by atoms with Crippen molar-refractivity contribution in [2.75, 3.05) is 7.05 Å². The van der Waals surface area contributed by atoms with Crippen LogP contribution < -0.4 is 5.32 Å². The molecule has 2 rings (SSSR count). The molecule has 0 spiro atoms. The summed E-state index contributed by atoms with van der Waals surface area (Å²) in [7, 11) is 1.49. The lowest BCUT2D eigenvalue weighted by Crippen LogP contribution is -2.36. The SMILES string of the molecule is CNC(=O)N(O)C(C)c1cc2ccccc2s1. The molecule has 1 unspecified atom stereocenters. The molecule has 0 radical (unpaired) electrons. The number of rotatable bonds is 2. The third-order valence-corrected chi connectivity index (χ3v) is 3.93. The summed E-state index contributed by atoms with van der Waals surface area (Å²) in [5.74, 6) is 0. The van der Waals surface area contributed by atoms with Crippen molar-refractivity contribution >= 4 is 27.5 Å². The highest BCUT2D eigenvalue weighted by Crippen LogP contribution is 2.31. The van der Waals surface area contributed by atoms with Gasteiger partial charge in [-0.25, -0.2) is 4.79 Å². The van der Waals surface area contributed by atoms with Gasteiger partial charge in [0, 0.05) is 16.6 Å². The van der Waals surface area contributed by atoms with Crippen LogP contribution in [0.4, 0.5) is 4.79 Å². The number of hydroxylamine groups is 2. The van der Waals surface area contributed by atoms with Crippen molar-refractivity contribution < 1.29 is 10.0 Å². The number of nitrogens with zero attached hydrogens (tertiary/aromatic N) is 1. The van der Waals surface area contributed by atoms with Crippen molar-refractivity contribution in [1.29, 1.82) is 0 Å². The van der Waals surface area contributed by atoms with Gasteiger partial charge in [0.25, 0.3) is 0 Å². The Morgan fingerprint density at radius 2 is 2.18 bits per heavy atom. The summed E-state index contributed by atoms with van der Waals surface area (Å²) >= 11 is 1.58. The molecule has 1 heterocycles. The van der Waals surface area contributed by atoms with Crippen molar-refractivity contribution in [1.82, 2.24) is 10.4 Å². The van der Waals surface area contributed by atoms with Crippen molar-refractivity contribution in [3.8, 4) is 0 Å². The molecule has 0 saturated carbocycles. The molecule has 17 heavy (non-hydrogen) atoms. The Bertz CT molecular complexity index is 505. The van der Waals surface area contributed by atoms with Crippen LogP contribution >= 0.6 is 11.3 Å². The Morgan fingerprint density at radius 3 is 2.82 bits per heavy atom. The molecular weight excluding hydrogens is 236 g/mol. The van der Waals surface area contributed by atoms with E-state index in [0.29, 0.717) is 5.06 Å². The number of benzene rings is 1. The normalized spacial score (nSPS) is 12.4. The van der Waals surface area contributed by atoms with E-state index >= 15 is 0 Å². The van der Waals surface area contributed by atoms with Gasteiger partial charge in [-0.05, 0) is 24.4 Å². The smallest absolute Gasteiger partial charge is 0.339 e. The van der Waals surface area contributed by atoms with Crippen molar-refractivity contribution in [3.05, 3.63) is 35.2 Å². The molecule has 1 aromatic heterocycles. The van der Waals surface area contributed by atoms with E-state index in [0.717, 1.165) is 15.0 Å². The standard InChI is InChI=1S/C12H14N2O2S/c1-8(14(16)12(15)13-2)11-7-9-5-3-4-6-10(9)17-11/h3-8,16H,1-2H3,(H,13,15). The highest BCUT2D eigenvalue weighted by Gasteiger charge is 2.20. The van der Waals surface area contributed by atoms with Gasteiger partial charge in [0.2, 0.25) is 0 Å². The van der Waals surface area contributed by atoms with E-state index in [4.69, 9.17) is 0 Å². The predicted molar refractivity (Wildman–Crippen MR) is 68.3 cm³/mol. The second kappa shape index (κ2) is 4.73. The summed E-state index contributed by atoms with van der Waals surface area (Å²) in [5.41, 5.74) is 0. The van der Waals surface area contributed by atoms with Crippen LogP contribution in [0.1, 0.15) is 17.8 Å². The zero-order valence-electron chi connectivity index (χ0n) is 9.68. The average molecular weight is 250 g/mol. The molecule has 0 fully saturated rings. The van der Waals surface area contributed by atoms with Crippen LogP contribution in [0.15, 0.2) is 30.3 Å². The predicted octanol–water partition coefficient (Wildman–Crippen LogP) is 2.99. The number of amides is 2. The van der Waals surface area contributed by atoms with Gasteiger partial charge in [0.15, 0.2) is 0 Å². The first-order valence-electron chi connectivity index (χ1n) is 5.31. The van der Waals surface area contributed by atoms with Crippen LogP contribution in [0, 0.1) is 0 Å². The maximum absolute atomic E-state index is 11.3. The van der Waals surface area contributed by atoms with Crippen LogP contribution in [0.25, 0.3) is 10.1 Å². The van der Waals surface area contributed by atoms with Gasteiger partial charge in [0.1, 0.15) is 0 Å². The number of hydrogen-bond acceptors (Lipinski definition) is 3. The fraction of sp³-hybridized carbons (Fsp3) is 0.250. The van der Waals surface area contributed by atoms with Gasteiger partial charge in [-0.15, -0.1) is 11.3 Å². The third-order valence-electron chi connectivity index (χ3n) is 2.65. The van der Waals surface area contributed by atoms with Crippen molar-refractivity contribution in [3.63, 3.8) is 0 Å². The molecule has 0 saturated heterocycles. The number of carbonyl (C=O) groups excluding carboxylic acids is 1. The Labute approximate surface area is 103 Å². The van der Waals surface area contributed by atoms with Crippen LogP contribution in [-0.2, 0) is 0 Å². The van der Waals surface area contributed by atoms with Crippen LogP contribution in [-0.4, -0.2) is 23.3 Å². The molecule has 0 bridgehead atoms. The molecule has 0 aliphatic carbocycles. The summed E-state index contributed by atoms with van der Waals surface area (Å²) in [4.78, 5) is 12.3. The van der Waals surface area contributed by atoms with Crippen molar-refractivity contribution in [2.24, 2.45) is 0 Å². The number of hydrogen-bond donors (Lipinski definition) is 2. The molecule has 2 amide bonds. The summed E-state index contributed by atoms with van der Waals surface area (Å²) < 4.78 is 1.15. The van der Waals surface area contributed by atoms with E-state index < -0.39 is 6.03 Å². The minimum absolute atomic E-state index is 0.354. The minimum atomic E-state index is -0.505. The molecule has 0 aliphatic rings. The number of fused-ring (bicyclic) bond motifs is 1. The number of carbonyl (C=O) groups is 1. The first kappa shape index (κ1) is 11.9. The van der Waals surface area contributed by atoms with Gasteiger partial charge in [-0.1, -0.05) is 18.2 Å². The van der Waals surface area contributed by atoms with Gasteiger partial charge in [-0.3, -0.25) is 5.21 Å². The van der Waals surface area contributed by atoms with Crippen LogP contribution in [0.3, 0.4) is 0 Å². The summed E-state index contributed by atoms with van der Waals surface area (Å²) in [5, 5.41) is 13.9. The third kappa shape index (κ3) is 2.25. The number of urea groups is 1.